The van der Waals surface area contributed by atoms with Crippen LogP contribution in [0.5, 0.6) is 5.75 Å². The maximum absolute atomic E-state index is 12.0. The maximum atomic E-state index is 12.0. The average Bonchev–Trinajstić information content (AvgIpc) is 2.46. The predicted octanol–water partition coefficient (Wildman–Crippen LogP) is 0.568. The molecule has 0 aliphatic carbocycles. The van der Waals surface area contributed by atoms with Gasteiger partial charge in [-0.3, -0.25) is 4.72 Å². The van der Waals surface area contributed by atoms with Crippen LogP contribution in [-0.2, 0) is 14.8 Å². The molecule has 0 aliphatic heterocycles. The molecule has 0 radical (unpaired) electrons. The van der Waals surface area contributed by atoms with Gasteiger partial charge in [-0.25, -0.2) is 8.42 Å². The van der Waals surface area contributed by atoms with Crippen molar-refractivity contribution in [2.75, 3.05) is 31.3 Å². The largest absolute Gasteiger partial charge is 0.495 e. The monoisotopic (exact) mass is 317 g/mol. The summed E-state index contributed by atoms with van der Waals surface area (Å²) in [6, 6.07) is 4.70. The fraction of sp³-hybridized carbons (Fsp3) is 0.417. The Hall–Kier alpha value is -2.00. The van der Waals surface area contributed by atoms with E-state index in [1.165, 1.54) is 20.3 Å². The Morgan fingerprint density at radius 2 is 2.14 bits per heavy atom. The Kier molecular flexibility index (Phi) is 6.25. The third kappa shape index (κ3) is 4.80. The van der Waals surface area contributed by atoms with Crippen LogP contribution in [0.25, 0.3) is 0 Å². The van der Waals surface area contributed by atoms with Crippen LogP contribution in [-0.4, -0.2) is 46.0 Å². The number of hydrogen-bond acceptors (Lipinski definition) is 6. The molecule has 0 saturated carbocycles. The van der Waals surface area contributed by atoms with Crippen molar-refractivity contribution in [2.24, 2.45) is 10.9 Å². The van der Waals surface area contributed by atoms with Crippen LogP contribution in [0, 0.1) is 0 Å². The van der Waals surface area contributed by atoms with Gasteiger partial charge in [-0.1, -0.05) is 11.2 Å². The molecule has 21 heavy (non-hydrogen) atoms. The molecule has 0 unspecified atom stereocenters. The van der Waals surface area contributed by atoms with E-state index in [1.807, 2.05) is 0 Å². The lowest BCUT2D eigenvalue weighted by Gasteiger charge is -2.15. The number of nitrogens with one attached hydrogen (secondary N) is 1. The summed E-state index contributed by atoms with van der Waals surface area (Å²) in [7, 11) is -0.712. The first-order valence-electron chi connectivity index (χ1n) is 6.09. The number of oxime groups is 1. The van der Waals surface area contributed by atoms with E-state index in [9.17, 15) is 8.42 Å². The van der Waals surface area contributed by atoms with E-state index in [-0.39, 0.29) is 28.6 Å². The highest BCUT2D eigenvalue weighted by atomic mass is 32.2. The molecule has 0 amide bonds. The van der Waals surface area contributed by atoms with Gasteiger partial charge in [0.25, 0.3) is 0 Å². The summed E-state index contributed by atoms with van der Waals surface area (Å²) in [4.78, 5) is 0. The molecule has 0 aromatic heterocycles. The number of nitrogens with two attached hydrogens (primary N) is 1. The Balaban J connectivity index is 3.11. The van der Waals surface area contributed by atoms with Crippen LogP contribution in [0.15, 0.2) is 23.4 Å². The van der Waals surface area contributed by atoms with E-state index in [1.54, 1.807) is 12.1 Å². The van der Waals surface area contributed by atoms with Gasteiger partial charge in [-0.05, 0) is 18.6 Å². The SMILES string of the molecule is COCCCS(=O)(=O)Nc1c(OC)cccc1/C(N)=N/O. The summed E-state index contributed by atoms with van der Waals surface area (Å²) in [5.74, 6) is -0.0629. The fourth-order valence-corrected chi connectivity index (χ4v) is 2.80. The van der Waals surface area contributed by atoms with Gasteiger partial charge >= 0.3 is 0 Å². The number of amidine groups is 1. The average molecular weight is 317 g/mol. The lowest BCUT2D eigenvalue weighted by Crippen LogP contribution is -2.22. The first-order valence-corrected chi connectivity index (χ1v) is 7.74. The van der Waals surface area contributed by atoms with Gasteiger partial charge in [0.2, 0.25) is 10.0 Å². The topological polar surface area (TPSA) is 123 Å². The summed E-state index contributed by atoms with van der Waals surface area (Å²) in [5, 5.41) is 11.7. The van der Waals surface area contributed by atoms with E-state index in [0.717, 1.165) is 0 Å². The smallest absolute Gasteiger partial charge is 0.232 e. The minimum absolute atomic E-state index is 0.117. The molecule has 1 rings (SSSR count). The molecule has 0 saturated heterocycles. The van der Waals surface area contributed by atoms with Crippen LogP contribution in [0.3, 0.4) is 0 Å². The second kappa shape index (κ2) is 7.70. The number of anilines is 1. The van der Waals surface area contributed by atoms with Gasteiger partial charge in [-0.15, -0.1) is 0 Å². The number of ether oxygens (including phenoxy) is 2. The van der Waals surface area contributed by atoms with Crippen LogP contribution in [0.4, 0.5) is 5.69 Å². The molecule has 0 atom stereocenters. The van der Waals surface area contributed by atoms with Crippen LogP contribution < -0.4 is 15.2 Å². The summed E-state index contributed by atoms with van der Waals surface area (Å²) < 4.78 is 36.4. The van der Waals surface area contributed by atoms with Crippen LogP contribution in [0.1, 0.15) is 12.0 Å². The normalized spacial score (nSPS) is 12.2. The van der Waals surface area contributed by atoms with Crippen molar-refractivity contribution in [3.8, 4) is 5.75 Å². The highest BCUT2D eigenvalue weighted by molar-refractivity contribution is 7.92. The van der Waals surface area contributed by atoms with Crippen LogP contribution >= 0.6 is 0 Å². The molecule has 1 aromatic carbocycles. The maximum Gasteiger partial charge on any atom is 0.232 e. The second-order valence-electron chi connectivity index (χ2n) is 4.14. The Morgan fingerprint density at radius 1 is 1.43 bits per heavy atom. The number of rotatable bonds is 8. The molecule has 0 aliphatic rings. The van der Waals surface area contributed by atoms with Crippen molar-refractivity contribution in [2.45, 2.75) is 6.42 Å². The molecule has 0 heterocycles. The van der Waals surface area contributed by atoms with Crippen molar-refractivity contribution in [3.63, 3.8) is 0 Å². The molecule has 4 N–H and O–H groups in total. The number of sulfonamides is 1. The lowest BCUT2D eigenvalue weighted by molar-refractivity contribution is 0.199. The van der Waals surface area contributed by atoms with E-state index < -0.39 is 10.0 Å². The minimum atomic E-state index is -3.61. The molecule has 8 nitrogen and oxygen atoms in total. The first kappa shape index (κ1) is 17.1. The van der Waals surface area contributed by atoms with E-state index in [2.05, 4.69) is 9.88 Å². The Labute approximate surface area is 123 Å². The highest BCUT2D eigenvalue weighted by Crippen LogP contribution is 2.29. The lowest BCUT2D eigenvalue weighted by atomic mass is 10.1. The van der Waals surface area contributed by atoms with Gasteiger partial charge in [-0.2, -0.15) is 0 Å². The summed E-state index contributed by atoms with van der Waals surface area (Å²) in [5.41, 5.74) is 5.91. The van der Waals surface area contributed by atoms with Gasteiger partial charge in [0.15, 0.2) is 5.84 Å². The van der Waals surface area contributed by atoms with Gasteiger partial charge in [0.05, 0.1) is 12.9 Å². The van der Waals surface area contributed by atoms with Crippen LogP contribution in [0.2, 0.25) is 0 Å². The quantitative estimate of drug-likeness (QED) is 0.212. The zero-order chi connectivity index (χ0) is 15.9. The number of methoxy groups -OCH3 is 2. The zero-order valence-electron chi connectivity index (χ0n) is 11.9. The Bertz CT molecular complexity index is 601. The van der Waals surface area contributed by atoms with E-state index in [0.29, 0.717) is 13.0 Å². The second-order valence-corrected chi connectivity index (χ2v) is 5.98. The third-order valence-corrected chi connectivity index (χ3v) is 3.99. The number of benzene rings is 1. The van der Waals surface area contributed by atoms with Gasteiger partial charge in [0, 0.05) is 19.3 Å². The standard InChI is InChI=1S/C12H19N3O5S/c1-19-7-4-8-21(17,18)15-11-9(12(13)14-16)5-3-6-10(11)20-2/h3,5-6,15-16H,4,7-8H2,1-2H3,(H2,13,14). The summed E-state index contributed by atoms with van der Waals surface area (Å²) in [6.45, 7) is 0.333. The molecule has 9 heteroatoms. The van der Waals surface area contributed by atoms with Crippen molar-refractivity contribution >= 4 is 21.5 Å². The highest BCUT2D eigenvalue weighted by Gasteiger charge is 2.18. The first-order chi connectivity index (χ1) is 9.95. The molecular formula is C12H19N3O5S. The van der Waals surface area contributed by atoms with E-state index in [4.69, 9.17) is 20.4 Å². The van der Waals surface area contributed by atoms with Crippen molar-refractivity contribution < 1.29 is 23.1 Å². The molecular weight excluding hydrogens is 298 g/mol. The van der Waals surface area contributed by atoms with Gasteiger partial charge < -0.3 is 20.4 Å². The number of para-hydroxylation sites is 1. The molecule has 1 aromatic rings. The third-order valence-electron chi connectivity index (χ3n) is 2.65. The van der Waals surface area contributed by atoms with Gasteiger partial charge in [0.1, 0.15) is 11.4 Å². The molecule has 118 valence electrons. The predicted molar refractivity (Wildman–Crippen MR) is 79.4 cm³/mol. The molecule has 0 fully saturated rings. The molecule has 0 bridgehead atoms. The van der Waals surface area contributed by atoms with Crippen molar-refractivity contribution in [3.05, 3.63) is 23.8 Å². The summed E-state index contributed by atoms with van der Waals surface area (Å²) in [6.07, 6.45) is 0.347. The summed E-state index contributed by atoms with van der Waals surface area (Å²) >= 11 is 0. The number of hydrogen-bond donors (Lipinski definition) is 3. The molecule has 0 spiro atoms. The fourth-order valence-electron chi connectivity index (χ4n) is 1.67. The minimum Gasteiger partial charge on any atom is -0.495 e. The number of nitrogens with zero attached hydrogens (tertiary/aromatic N) is 1. The van der Waals surface area contributed by atoms with Crippen molar-refractivity contribution in [1.29, 1.82) is 0 Å². The van der Waals surface area contributed by atoms with E-state index >= 15 is 0 Å². The zero-order valence-corrected chi connectivity index (χ0v) is 12.7. The van der Waals surface area contributed by atoms with Crippen molar-refractivity contribution in [1.82, 2.24) is 0 Å². The Morgan fingerprint density at radius 3 is 2.71 bits per heavy atom.